The number of benzene rings is 1. The first kappa shape index (κ1) is 13.7. The molecule has 1 aliphatic rings. The van der Waals surface area contributed by atoms with Crippen LogP contribution < -0.4 is 0 Å². The quantitative estimate of drug-likeness (QED) is 0.917. The Labute approximate surface area is 122 Å². The zero-order valence-electron chi connectivity index (χ0n) is 11.6. The van der Waals surface area contributed by atoms with Gasteiger partial charge >= 0.3 is 0 Å². The second-order valence-electron chi connectivity index (χ2n) is 5.14. The number of nitriles is 1. The molecule has 1 unspecified atom stereocenters. The van der Waals surface area contributed by atoms with E-state index >= 15 is 0 Å². The van der Waals surface area contributed by atoms with Crippen LogP contribution in [0.1, 0.15) is 24.3 Å². The zero-order chi connectivity index (χ0) is 14.7. The number of likely N-dealkylation sites (tertiary alicyclic amines) is 1. The second-order valence-corrected chi connectivity index (χ2v) is 5.14. The molecule has 1 fully saturated rings. The van der Waals surface area contributed by atoms with Crippen LogP contribution in [0.2, 0.25) is 0 Å². The van der Waals surface area contributed by atoms with Gasteiger partial charge in [-0.15, -0.1) is 10.2 Å². The van der Waals surface area contributed by atoms with Crippen molar-refractivity contribution < 1.29 is 9.52 Å². The molecule has 1 aliphatic heterocycles. The molecule has 3 rings (SSSR count). The second kappa shape index (κ2) is 6.04. The third-order valence-electron chi connectivity index (χ3n) is 3.78. The van der Waals surface area contributed by atoms with Crippen molar-refractivity contribution in [3.63, 3.8) is 0 Å². The third kappa shape index (κ3) is 2.94. The van der Waals surface area contributed by atoms with Gasteiger partial charge in [-0.1, -0.05) is 0 Å². The van der Waals surface area contributed by atoms with Gasteiger partial charge in [-0.25, -0.2) is 0 Å². The van der Waals surface area contributed by atoms with Crippen LogP contribution in [-0.2, 0) is 6.54 Å². The van der Waals surface area contributed by atoms with E-state index in [0.717, 1.165) is 24.9 Å². The molecule has 1 N–H and O–H groups in total. The molecule has 0 radical (unpaired) electrons. The Hall–Kier alpha value is -2.23. The fraction of sp³-hybridized carbons (Fsp3) is 0.400. The van der Waals surface area contributed by atoms with Crippen LogP contribution in [-0.4, -0.2) is 39.4 Å². The average Bonchev–Trinajstić information content (AvgIpc) is 3.17. The number of hydrogen-bond acceptors (Lipinski definition) is 6. The Balaban J connectivity index is 1.72. The summed E-state index contributed by atoms with van der Waals surface area (Å²) in [5.74, 6) is 1.00. The Morgan fingerprint density at radius 3 is 2.86 bits per heavy atom. The molecule has 1 atom stereocenters. The van der Waals surface area contributed by atoms with Crippen molar-refractivity contribution in [3.05, 3.63) is 35.7 Å². The Bertz CT molecular complexity index is 644. The van der Waals surface area contributed by atoms with Crippen LogP contribution in [0.4, 0.5) is 0 Å². The van der Waals surface area contributed by atoms with Crippen LogP contribution in [0.25, 0.3) is 11.5 Å². The lowest BCUT2D eigenvalue weighted by Gasteiger charge is -2.20. The van der Waals surface area contributed by atoms with Crippen molar-refractivity contribution in [1.29, 1.82) is 5.26 Å². The van der Waals surface area contributed by atoms with Gasteiger partial charge in [0.25, 0.3) is 0 Å². The smallest absolute Gasteiger partial charge is 0.247 e. The van der Waals surface area contributed by atoms with Crippen LogP contribution in [0, 0.1) is 11.3 Å². The van der Waals surface area contributed by atoms with Crippen molar-refractivity contribution in [2.75, 3.05) is 13.2 Å². The number of rotatable bonds is 4. The van der Waals surface area contributed by atoms with Gasteiger partial charge in [0, 0.05) is 11.6 Å². The molecule has 108 valence electrons. The number of aliphatic hydroxyl groups excluding tert-OH is 1. The summed E-state index contributed by atoms with van der Waals surface area (Å²) in [7, 11) is 0. The van der Waals surface area contributed by atoms with Gasteiger partial charge in [0.15, 0.2) is 0 Å². The van der Waals surface area contributed by atoms with Gasteiger partial charge in [-0.2, -0.15) is 5.26 Å². The molecular formula is C15H16N4O2. The molecule has 6 nitrogen and oxygen atoms in total. The minimum absolute atomic E-state index is 0.163. The van der Waals surface area contributed by atoms with Crippen molar-refractivity contribution in [3.8, 4) is 17.5 Å². The maximum absolute atomic E-state index is 9.31. The van der Waals surface area contributed by atoms with E-state index in [1.54, 1.807) is 24.3 Å². The van der Waals surface area contributed by atoms with E-state index in [4.69, 9.17) is 9.68 Å². The summed E-state index contributed by atoms with van der Waals surface area (Å²) in [6, 6.07) is 9.30. The maximum atomic E-state index is 9.31. The molecule has 0 aliphatic carbocycles. The van der Waals surface area contributed by atoms with Gasteiger partial charge in [-0.3, -0.25) is 4.90 Å². The largest absolute Gasteiger partial charge is 0.419 e. The average molecular weight is 284 g/mol. The lowest BCUT2D eigenvalue weighted by molar-refractivity contribution is 0.144. The van der Waals surface area contributed by atoms with Crippen molar-refractivity contribution in [2.45, 2.75) is 25.4 Å². The van der Waals surface area contributed by atoms with Gasteiger partial charge < -0.3 is 9.52 Å². The first-order valence-electron chi connectivity index (χ1n) is 6.98. The fourth-order valence-corrected chi connectivity index (χ4v) is 2.61. The molecule has 0 bridgehead atoms. The maximum Gasteiger partial charge on any atom is 0.247 e. The molecule has 21 heavy (non-hydrogen) atoms. The van der Waals surface area contributed by atoms with E-state index in [-0.39, 0.29) is 12.6 Å². The molecule has 1 saturated heterocycles. The van der Waals surface area contributed by atoms with Crippen LogP contribution >= 0.6 is 0 Å². The normalized spacial score (nSPS) is 18.8. The molecule has 1 aromatic heterocycles. The van der Waals surface area contributed by atoms with E-state index in [0.29, 0.717) is 23.9 Å². The molecule has 6 heteroatoms. The molecule has 1 aromatic carbocycles. The topological polar surface area (TPSA) is 86.2 Å². The third-order valence-corrected chi connectivity index (χ3v) is 3.78. The summed E-state index contributed by atoms with van der Waals surface area (Å²) in [5.41, 5.74) is 1.40. The molecular weight excluding hydrogens is 268 g/mol. The summed E-state index contributed by atoms with van der Waals surface area (Å²) in [5, 5.41) is 26.2. The fourth-order valence-electron chi connectivity index (χ4n) is 2.61. The highest BCUT2D eigenvalue weighted by Gasteiger charge is 2.25. The number of aromatic nitrogens is 2. The first-order valence-corrected chi connectivity index (χ1v) is 6.98. The van der Waals surface area contributed by atoms with Gasteiger partial charge in [0.05, 0.1) is 24.8 Å². The lowest BCUT2D eigenvalue weighted by Crippen LogP contribution is -2.31. The van der Waals surface area contributed by atoms with Gasteiger partial charge in [-0.05, 0) is 43.7 Å². The molecule has 0 saturated carbocycles. The number of aliphatic hydroxyl groups is 1. The van der Waals surface area contributed by atoms with E-state index in [2.05, 4.69) is 21.2 Å². The standard InChI is InChI=1S/C15H16N4O2/c16-8-11-3-5-12(6-4-11)15-18-17-14(21-15)9-19-7-1-2-13(19)10-20/h3-6,13,20H,1-2,7,9-10H2. The monoisotopic (exact) mass is 284 g/mol. The Kier molecular flexibility index (Phi) is 3.95. The van der Waals surface area contributed by atoms with E-state index < -0.39 is 0 Å². The van der Waals surface area contributed by atoms with E-state index in [1.807, 2.05) is 0 Å². The summed E-state index contributed by atoms with van der Waals surface area (Å²) < 4.78 is 5.67. The molecule has 2 heterocycles. The number of hydrogen-bond donors (Lipinski definition) is 1. The Morgan fingerprint density at radius 2 is 2.14 bits per heavy atom. The zero-order valence-corrected chi connectivity index (χ0v) is 11.6. The predicted octanol–water partition coefficient (Wildman–Crippen LogP) is 1.56. The Morgan fingerprint density at radius 1 is 1.33 bits per heavy atom. The molecule has 0 spiro atoms. The van der Waals surface area contributed by atoms with E-state index in [1.165, 1.54) is 0 Å². The van der Waals surface area contributed by atoms with Crippen molar-refractivity contribution in [2.24, 2.45) is 0 Å². The summed E-state index contributed by atoms with van der Waals surface area (Å²) in [4.78, 5) is 2.16. The summed E-state index contributed by atoms with van der Waals surface area (Å²) in [6.07, 6.45) is 2.09. The van der Waals surface area contributed by atoms with Crippen LogP contribution in [0.5, 0.6) is 0 Å². The first-order chi connectivity index (χ1) is 10.3. The molecule has 2 aromatic rings. The minimum Gasteiger partial charge on any atom is -0.419 e. The van der Waals surface area contributed by atoms with Crippen molar-refractivity contribution in [1.82, 2.24) is 15.1 Å². The highest BCUT2D eigenvalue weighted by atomic mass is 16.4. The van der Waals surface area contributed by atoms with E-state index in [9.17, 15) is 5.11 Å². The van der Waals surface area contributed by atoms with Crippen LogP contribution in [0.15, 0.2) is 28.7 Å². The van der Waals surface area contributed by atoms with Crippen molar-refractivity contribution >= 4 is 0 Å². The SMILES string of the molecule is N#Cc1ccc(-c2nnc(CN3CCCC3CO)o2)cc1. The molecule has 0 amide bonds. The number of nitrogens with zero attached hydrogens (tertiary/aromatic N) is 4. The summed E-state index contributed by atoms with van der Waals surface area (Å²) in [6.45, 7) is 1.67. The van der Waals surface area contributed by atoms with Crippen LogP contribution in [0.3, 0.4) is 0 Å². The predicted molar refractivity (Wildman–Crippen MR) is 75.0 cm³/mol. The highest BCUT2D eigenvalue weighted by molar-refractivity contribution is 5.54. The van der Waals surface area contributed by atoms with Gasteiger partial charge in [0.1, 0.15) is 0 Å². The summed E-state index contributed by atoms with van der Waals surface area (Å²) >= 11 is 0. The lowest BCUT2D eigenvalue weighted by atomic mass is 10.1. The highest BCUT2D eigenvalue weighted by Crippen LogP contribution is 2.22. The minimum atomic E-state index is 0.163. The van der Waals surface area contributed by atoms with Gasteiger partial charge in [0.2, 0.25) is 11.8 Å².